The smallest absolute Gasteiger partial charge is 0.405 e. The quantitative estimate of drug-likeness (QED) is 0.873. The molecule has 5 nitrogen and oxygen atoms in total. The molecule has 2 aliphatic rings. The summed E-state index contributed by atoms with van der Waals surface area (Å²) in [5.41, 5.74) is 6.28. The molecule has 0 spiro atoms. The van der Waals surface area contributed by atoms with Gasteiger partial charge in [0.05, 0.1) is 6.10 Å². The lowest BCUT2D eigenvalue weighted by atomic mass is 9.70. The average molecular weight is 318 g/mol. The molecule has 0 radical (unpaired) electrons. The summed E-state index contributed by atoms with van der Waals surface area (Å²) < 4.78 is 5.38. The van der Waals surface area contributed by atoms with Crippen molar-refractivity contribution in [3.63, 3.8) is 0 Å². The van der Waals surface area contributed by atoms with Gasteiger partial charge in [0.2, 0.25) is 0 Å². The van der Waals surface area contributed by atoms with Crippen molar-refractivity contribution < 1.29 is 14.6 Å². The van der Waals surface area contributed by atoms with Gasteiger partial charge in [0.15, 0.2) is 0 Å². The van der Waals surface area contributed by atoms with Gasteiger partial charge in [-0.1, -0.05) is 30.3 Å². The Kier molecular flexibility index (Phi) is 5.18. The first-order valence-corrected chi connectivity index (χ1v) is 8.53. The molecule has 126 valence electrons. The van der Waals surface area contributed by atoms with Gasteiger partial charge in [-0.05, 0) is 37.2 Å². The summed E-state index contributed by atoms with van der Waals surface area (Å²) in [6, 6.07) is 9.86. The first-order valence-electron chi connectivity index (χ1n) is 8.53. The molecule has 1 heterocycles. The van der Waals surface area contributed by atoms with Crippen LogP contribution in [-0.2, 0) is 4.74 Å². The zero-order valence-corrected chi connectivity index (χ0v) is 13.4. The summed E-state index contributed by atoms with van der Waals surface area (Å²) in [4.78, 5) is 13.7. The van der Waals surface area contributed by atoms with Crippen LogP contribution in [0.4, 0.5) is 4.79 Å². The third-order valence-electron chi connectivity index (χ3n) is 5.15. The fourth-order valence-electron chi connectivity index (χ4n) is 3.85. The standard InChI is InChI=1S/C18H26N2O3/c19-18(22)23-17(14-4-2-1-3-5-14)15-10-13(11-15)12-20-8-6-16(21)7-9-20/h1-5,13,15-17,21H,6-12H2,(H2,19,22)/t13-,15+,17?. The van der Waals surface area contributed by atoms with Crippen molar-refractivity contribution in [1.29, 1.82) is 0 Å². The maximum absolute atomic E-state index is 11.2. The maximum Gasteiger partial charge on any atom is 0.405 e. The first kappa shape index (κ1) is 16.3. The van der Waals surface area contributed by atoms with E-state index in [1.54, 1.807) is 0 Å². The SMILES string of the molecule is NC(=O)OC(c1ccccc1)[C@H]1C[C@@H](CN2CCC(O)CC2)C1. The van der Waals surface area contributed by atoms with E-state index < -0.39 is 6.09 Å². The lowest BCUT2D eigenvalue weighted by Gasteiger charge is -2.43. The molecule has 1 aromatic carbocycles. The third-order valence-corrected chi connectivity index (χ3v) is 5.15. The first-order chi connectivity index (χ1) is 11.1. The number of rotatable bonds is 5. The zero-order chi connectivity index (χ0) is 16.2. The van der Waals surface area contributed by atoms with E-state index in [9.17, 15) is 9.90 Å². The molecule has 1 aliphatic heterocycles. The number of carbonyl (C=O) groups excluding carboxylic acids is 1. The Hall–Kier alpha value is -1.59. The van der Waals surface area contributed by atoms with E-state index in [1.165, 1.54) is 0 Å². The summed E-state index contributed by atoms with van der Waals surface area (Å²) in [5, 5.41) is 9.57. The molecule has 5 heteroatoms. The van der Waals surface area contributed by atoms with E-state index in [2.05, 4.69) is 4.90 Å². The number of nitrogens with two attached hydrogens (primary N) is 1. The van der Waals surface area contributed by atoms with Crippen LogP contribution in [0, 0.1) is 11.8 Å². The summed E-state index contributed by atoms with van der Waals surface area (Å²) in [5.74, 6) is 1.00. The Bertz CT molecular complexity index is 508. The Labute approximate surface area is 137 Å². The van der Waals surface area contributed by atoms with E-state index in [1.807, 2.05) is 30.3 Å². The molecule has 0 bridgehead atoms. The van der Waals surface area contributed by atoms with Gasteiger partial charge in [0.25, 0.3) is 0 Å². The van der Waals surface area contributed by atoms with Gasteiger partial charge >= 0.3 is 6.09 Å². The largest absolute Gasteiger partial charge is 0.441 e. The van der Waals surface area contributed by atoms with Crippen LogP contribution in [0.25, 0.3) is 0 Å². The number of carbonyl (C=O) groups is 1. The normalized spacial score (nSPS) is 27.2. The fraction of sp³-hybridized carbons (Fsp3) is 0.611. The van der Waals surface area contributed by atoms with Crippen molar-refractivity contribution in [2.75, 3.05) is 19.6 Å². The third kappa shape index (κ3) is 4.24. The monoisotopic (exact) mass is 318 g/mol. The van der Waals surface area contributed by atoms with Crippen LogP contribution >= 0.6 is 0 Å². The highest BCUT2D eigenvalue weighted by Gasteiger charge is 2.38. The Morgan fingerprint density at radius 1 is 1.26 bits per heavy atom. The topological polar surface area (TPSA) is 75.8 Å². The summed E-state index contributed by atoms with van der Waals surface area (Å²) >= 11 is 0. The fourth-order valence-corrected chi connectivity index (χ4v) is 3.85. The van der Waals surface area contributed by atoms with Crippen molar-refractivity contribution in [2.45, 2.75) is 37.9 Å². The maximum atomic E-state index is 11.2. The highest BCUT2D eigenvalue weighted by atomic mass is 16.6. The molecule has 1 aliphatic carbocycles. The van der Waals surface area contributed by atoms with Crippen molar-refractivity contribution >= 4 is 6.09 Å². The molecular formula is C18H26N2O3. The Morgan fingerprint density at radius 3 is 2.52 bits per heavy atom. The highest BCUT2D eigenvalue weighted by molar-refractivity contribution is 5.65. The Balaban J connectivity index is 1.52. The van der Waals surface area contributed by atoms with Crippen LogP contribution in [-0.4, -0.2) is 41.8 Å². The summed E-state index contributed by atoms with van der Waals surface area (Å²) in [6.07, 6.45) is 2.84. The molecule has 1 aromatic rings. The molecule has 1 unspecified atom stereocenters. The number of nitrogens with zero attached hydrogens (tertiary/aromatic N) is 1. The number of benzene rings is 1. The van der Waals surface area contributed by atoms with Crippen molar-refractivity contribution in [1.82, 2.24) is 4.90 Å². The molecule has 3 N–H and O–H groups in total. The van der Waals surface area contributed by atoms with Gasteiger partial charge in [0.1, 0.15) is 6.10 Å². The van der Waals surface area contributed by atoms with Gasteiger partial charge in [-0.25, -0.2) is 4.79 Å². The van der Waals surface area contributed by atoms with Gasteiger partial charge in [-0.3, -0.25) is 0 Å². The lowest BCUT2D eigenvalue weighted by molar-refractivity contribution is -0.00566. The number of aliphatic hydroxyl groups excluding tert-OH is 1. The van der Waals surface area contributed by atoms with E-state index >= 15 is 0 Å². The van der Waals surface area contributed by atoms with Gasteiger partial charge in [-0.2, -0.15) is 0 Å². The number of hydrogen-bond acceptors (Lipinski definition) is 4. The van der Waals surface area contributed by atoms with E-state index in [0.29, 0.717) is 11.8 Å². The number of primary amides is 1. The van der Waals surface area contributed by atoms with E-state index in [-0.39, 0.29) is 12.2 Å². The predicted molar refractivity (Wildman–Crippen MR) is 87.7 cm³/mol. The lowest BCUT2D eigenvalue weighted by Crippen LogP contribution is -2.43. The van der Waals surface area contributed by atoms with Gasteiger partial charge in [0, 0.05) is 25.6 Å². The van der Waals surface area contributed by atoms with E-state index in [4.69, 9.17) is 10.5 Å². The van der Waals surface area contributed by atoms with Crippen LogP contribution in [0.2, 0.25) is 0 Å². The highest BCUT2D eigenvalue weighted by Crippen LogP contribution is 2.44. The predicted octanol–water partition coefficient (Wildman–Crippen LogP) is 2.31. The van der Waals surface area contributed by atoms with Crippen LogP contribution in [0.15, 0.2) is 30.3 Å². The number of amides is 1. The number of likely N-dealkylation sites (tertiary alicyclic amines) is 1. The molecular weight excluding hydrogens is 292 g/mol. The van der Waals surface area contributed by atoms with Crippen LogP contribution < -0.4 is 5.73 Å². The molecule has 2 fully saturated rings. The number of ether oxygens (including phenoxy) is 1. The van der Waals surface area contributed by atoms with Crippen LogP contribution in [0.1, 0.15) is 37.4 Å². The molecule has 3 rings (SSSR count). The molecule has 1 saturated heterocycles. The summed E-state index contributed by atoms with van der Waals surface area (Å²) in [6.45, 7) is 3.06. The number of aliphatic hydroxyl groups is 1. The summed E-state index contributed by atoms with van der Waals surface area (Å²) in [7, 11) is 0. The minimum atomic E-state index is -0.702. The second-order valence-corrected chi connectivity index (χ2v) is 6.90. The number of piperidine rings is 1. The van der Waals surface area contributed by atoms with Crippen LogP contribution in [0.3, 0.4) is 0 Å². The Morgan fingerprint density at radius 2 is 1.91 bits per heavy atom. The van der Waals surface area contributed by atoms with Gasteiger partial charge in [-0.15, -0.1) is 0 Å². The molecule has 1 atom stereocenters. The van der Waals surface area contributed by atoms with Crippen molar-refractivity contribution in [3.8, 4) is 0 Å². The van der Waals surface area contributed by atoms with Gasteiger partial charge < -0.3 is 20.5 Å². The second-order valence-electron chi connectivity index (χ2n) is 6.90. The average Bonchev–Trinajstić information content (AvgIpc) is 2.51. The molecule has 1 amide bonds. The zero-order valence-electron chi connectivity index (χ0n) is 13.4. The van der Waals surface area contributed by atoms with E-state index in [0.717, 1.165) is 50.9 Å². The minimum absolute atomic E-state index is 0.119. The van der Waals surface area contributed by atoms with Crippen LogP contribution in [0.5, 0.6) is 0 Å². The number of hydrogen-bond donors (Lipinski definition) is 2. The second kappa shape index (κ2) is 7.32. The van der Waals surface area contributed by atoms with Crippen molar-refractivity contribution in [3.05, 3.63) is 35.9 Å². The molecule has 23 heavy (non-hydrogen) atoms. The minimum Gasteiger partial charge on any atom is -0.441 e. The molecule has 0 aromatic heterocycles. The molecule has 1 saturated carbocycles. The van der Waals surface area contributed by atoms with Crippen molar-refractivity contribution in [2.24, 2.45) is 17.6 Å².